The Morgan fingerprint density at radius 1 is 1.17 bits per heavy atom. The van der Waals surface area contributed by atoms with Crippen LogP contribution in [0.5, 0.6) is 0 Å². The number of hydrogen-bond donors (Lipinski definition) is 1. The van der Waals surface area contributed by atoms with Crippen LogP contribution in [0.25, 0.3) is 0 Å². The minimum atomic E-state index is -0.409. The van der Waals surface area contributed by atoms with E-state index in [4.69, 9.17) is 4.74 Å². The lowest BCUT2D eigenvalue weighted by Crippen LogP contribution is -2.49. The van der Waals surface area contributed by atoms with Gasteiger partial charge < -0.3 is 15.0 Å². The molecule has 0 bridgehead atoms. The highest BCUT2D eigenvalue weighted by molar-refractivity contribution is 5.68. The minimum absolute atomic E-state index is 0.163. The molecule has 1 atom stereocenters. The normalized spacial score (nSPS) is 27.0. The second kappa shape index (κ2) is 6.62. The van der Waals surface area contributed by atoms with E-state index in [-0.39, 0.29) is 11.5 Å². The van der Waals surface area contributed by atoms with Crippen LogP contribution in [-0.2, 0) is 4.74 Å². The largest absolute Gasteiger partial charge is 0.444 e. The molecule has 1 amide bonds. The van der Waals surface area contributed by atoms with Gasteiger partial charge in [-0.25, -0.2) is 4.79 Å². The third kappa shape index (κ3) is 5.10. The van der Waals surface area contributed by atoms with Crippen molar-refractivity contribution >= 4 is 6.09 Å². The van der Waals surface area contributed by atoms with E-state index in [1.54, 1.807) is 0 Å². The van der Waals surface area contributed by atoms with E-state index in [1.165, 1.54) is 19.3 Å². The molecule has 2 fully saturated rings. The Kier molecular flexibility index (Phi) is 5.34. The van der Waals surface area contributed by atoms with E-state index in [0.29, 0.717) is 11.5 Å². The van der Waals surface area contributed by atoms with Crippen molar-refractivity contribution in [2.75, 3.05) is 19.6 Å². The first-order valence-corrected chi connectivity index (χ1v) is 9.22. The van der Waals surface area contributed by atoms with E-state index >= 15 is 0 Å². The number of nitrogens with zero attached hydrogens (tertiary/aromatic N) is 1. The lowest BCUT2D eigenvalue weighted by Gasteiger charge is -2.41. The predicted molar refractivity (Wildman–Crippen MR) is 94.6 cm³/mol. The first-order chi connectivity index (χ1) is 10.5. The summed E-state index contributed by atoms with van der Waals surface area (Å²) < 4.78 is 5.49. The molecule has 1 N–H and O–H groups in total. The number of likely N-dealkylation sites (tertiary alicyclic amines) is 1. The number of nitrogens with one attached hydrogen (secondary N) is 1. The maximum atomic E-state index is 12.2. The van der Waals surface area contributed by atoms with Crippen LogP contribution in [0.3, 0.4) is 0 Å². The van der Waals surface area contributed by atoms with Crippen molar-refractivity contribution in [2.45, 2.75) is 85.3 Å². The standard InChI is InChI=1S/C19H36N2O2/c1-17(2,3)23-16(22)21-12-10-19(6,11-13-21)14-20-15-8-7-9-18(15,4)5/h15,20H,7-14H2,1-6H3. The third-order valence-corrected chi connectivity index (χ3v) is 5.65. The van der Waals surface area contributed by atoms with Gasteiger partial charge in [-0.1, -0.05) is 27.2 Å². The average molecular weight is 325 g/mol. The number of hydrogen-bond acceptors (Lipinski definition) is 3. The number of carbonyl (C=O) groups excluding carboxylic acids is 1. The Morgan fingerprint density at radius 3 is 2.26 bits per heavy atom. The van der Waals surface area contributed by atoms with Gasteiger partial charge in [0.1, 0.15) is 5.60 Å². The second-order valence-corrected chi connectivity index (χ2v) is 9.59. The zero-order valence-electron chi connectivity index (χ0n) is 16.0. The van der Waals surface area contributed by atoms with Gasteiger partial charge in [-0.3, -0.25) is 0 Å². The summed E-state index contributed by atoms with van der Waals surface area (Å²) in [6.07, 6.45) is 5.90. The van der Waals surface area contributed by atoms with Crippen molar-refractivity contribution in [3.8, 4) is 0 Å². The van der Waals surface area contributed by atoms with Crippen molar-refractivity contribution in [1.82, 2.24) is 10.2 Å². The van der Waals surface area contributed by atoms with Gasteiger partial charge in [0.25, 0.3) is 0 Å². The molecule has 1 heterocycles. The minimum Gasteiger partial charge on any atom is -0.444 e. The molecule has 1 aliphatic carbocycles. The van der Waals surface area contributed by atoms with E-state index in [0.717, 1.165) is 32.5 Å². The number of piperidine rings is 1. The second-order valence-electron chi connectivity index (χ2n) is 9.59. The summed E-state index contributed by atoms with van der Waals surface area (Å²) in [5, 5.41) is 3.83. The molecule has 1 saturated carbocycles. The maximum absolute atomic E-state index is 12.2. The Hall–Kier alpha value is -0.770. The molecule has 1 unspecified atom stereocenters. The highest BCUT2D eigenvalue weighted by atomic mass is 16.6. The van der Waals surface area contributed by atoms with Gasteiger partial charge in [0.2, 0.25) is 0 Å². The fourth-order valence-electron chi connectivity index (χ4n) is 3.81. The van der Waals surface area contributed by atoms with Crippen molar-refractivity contribution in [3.05, 3.63) is 0 Å². The molecule has 134 valence electrons. The molecule has 0 aromatic heterocycles. The van der Waals surface area contributed by atoms with Gasteiger partial charge in [0, 0.05) is 25.7 Å². The van der Waals surface area contributed by atoms with Crippen molar-refractivity contribution in [1.29, 1.82) is 0 Å². The predicted octanol–water partition coefficient (Wildman–Crippen LogP) is 4.19. The lowest BCUT2D eigenvalue weighted by molar-refractivity contribution is 0.0114. The number of amides is 1. The average Bonchev–Trinajstić information content (AvgIpc) is 2.74. The fraction of sp³-hybridized carbons (Fsp3) is 0.947. The van der Waals surface area contributed by atoms with Gasteiger partial charge in [-0.05, 0) is 57.3 Å². The molecule has 2 rings (SSSR count). The summed E-state index contributed by atoms with van der Waals surface area (Å²) in [6.45, 7) is 15.6. The van der Waals surface area contributed by atoms with Gasteiger partial charge in [0.05, 0.1) is 0 Å². The molecule has 4 heteroatoms. The summed E-state index contributed by atoms with van der Waals surface area (Å²) in [5.41, 5.74) is 0.304. The van der Waals surface area contributed by atoms with Crippen LogP contribution in [-0.4, -0.2) is 42.3 Å². The van der Waals surface area contributed by atoms with Crippen molar-refractivity contribution < 1.29 is 9.53 Å². The maximum Gasteiger partial charge on any atom is 0.410 e. The first-order valence-electron chi connectivity index (χ1n) is 9.22. The molecule has 4 nitrogen and oxygen atoms in total. The lowest BCUT2D eigenvalue weighted by atomic mass is 9.79. The summed E-state index contributed by atoms with van der Waals surface area (Å²) in [6, 6.07) is 0.642. The summed E-state index contributed by atoms with van der Waals surface area (Å²) in [7, 11) is 0. The Morgan fingerprint density at radius 2 is 1.78 bits per heavy atom. The van der Waals surface area contributed by atoms with Gasteiger partial charge >= 0.3 is 6.09 Å². The SMILES string of the molecule is CC1(CNC2CCCC2(C)C)CCN(C(=O)OC(C)(C)C)CC1. The molecular formula is C19H36N2O2. The quantitative estimate of drug-likeness (QED) is 0.846. The van der Waals surface area contributed by atoms with E-state index in [9.17, 15) is 4.79 Å². The van der Waals surface area contributed by atoms with E-state index in [1.807, 2.05) is 25.7 Å². The zero-order chi connectivity index (χ0) is 17.3. The van der Waals surface area contributed by atoms with Crippen LogP contribution in [0.15, 0.2) is 0 Å². The van der Waals surface area contributed by atoms with Crippen molar-refractivity contribution in [3.63, 3.8) is 0 Å². The Bertz CT molecular complexity index is 418. The number of rotatable bonds is 3. The van der Waals surface area contributed by atoms with Crippen molar-refractivity contribution in [2.24, 2.45) is 10.8 Å². The smallest absolute Gasteiger partial charge is 0.410 e. The van der Waals surface area contributed by atoms with E-state index in [2.05, 4.69) is 26.1 Å². The van der Waals surface area contributed by atoms with E-state index < -0.39 is 5.60 Å². The highest BCUT2D eigenvalue weighted by Crippen LogP contribution is 2.38. The monoisotopic (exact) mass is 324 g/mol. The molecule has 0 aromatic rings. The molecule has 2 aliphatic rings. The molecule has 1 aliphatic heterocycles. The molecule has 1 saturated heterocycles. The molecule has 23 heavy (non-hydrogen) atoms. The van der Waals surface area contributed by atoms with Crippen LogP contribution in [0.1, 0.15) is 73.6 Å². The zero-order valence-corrected chi connectivity index (χ0v) is 16.0. The van der Waals surface area contributed by atoms with Crippen LogP contribution in [0.2, 0.25) is 0 Å². The third-order valence-electron chi connectivity index (χ3n) is 5.65. The van der Waals surface area contributed by atoms with Crippen LogP contribution < -0.4 is 5.32 Å². The van der Waals surface area contributed by atoms with Crippen LogP contribution in [0.4, 0.5) is 4.79 Å². The van der Waals surface area contributed by atoms with Crippen LogP contribution in [0, 0.1) is 10.8 Å². The molecule has 0 radical (unpaired) electrons. The number of carbonyl (C=O) groups is 1. The number of ether oxygens (including phenoxy) is 1. The molecule has 0 spiro atoms. The molecule has 0 aromatic carbocycles. The topological polar surface area (TPSA) is 41.6 Å². The molecular weight excluding hydrogens is 288 g/mol. The highest BCUT2D eigenvalue weighted by Gasteiger charge is 2.37. The fourth-order valence-corrected chi connectivity index (χ4v) is 3.81. The van der Waals surface area contributed by atoms with Gasteiger partial charge in [-0.2, -0.15) is 0 Å². The first kappa shape index (κ1) is 18.6. The summed E-state index contributed by atoms with van der Waals surface area (Å²) in [5.74, 6) is 0. The summed E-state index contributed by atoms with van der Waals surface area (Å²) >= 11 is 0. The Balaban J connectivity index is 1.79. The summed E-state index contributed by atoms with van der Waals surface area (Å²) in [4.78, 5) is 14.0. The van der Waals surface area contributed by atoms with Gasteiger partial charge in [-0.15, -0.1) is 0 Å². The Labute approximate surface area is 142 Å². The van der Waals surface area contributed by atoms with Crippen LogP contribution >= 0.6 is 0 Å². The van der Waals surface area contributed by atoms with Gasteiger partial charge in [0.15, 0.2) is 0 Å².